The molecule has 2 aromatic carbocycles. The van der Waals surface area contributed by atoms with Crippen molar-refractivity contribution >= 4 is 28.3 Å². The first-order valence-electron chi connectivity index (χ1n) is 8.93. The van der Waals surface area contributed by atoms with E-state index in [2.05, 4.69) is 15.3 Å². The van der Waals surface area contributed by atoms with Crippen LogP contribution in [0.4, 0.5) is 8.78 Å². The van der Waals surface area contributed by atoms with Gasteiger partial charge in [-0.1, -0.05) is 23.7 Å². The Balaban J connectivity index is 1.74. The van der Waals surface area contributed by atoms with Crippen molar-refractivity contribution in [1.29, 1.82) is 0 Å². The van der Waals surface area contributed by atoms with Crippen molar-refractivity contribution in [1.82, 2.24) is 24.4 Å². The monoisotopic (exact) mass is 423 g/mol. The molecule has 3 aromatic heterocycles. The number of hydrogen-bond donors (Lipinski definition) is 0. The van der Waals surface area contributed by atoms with Crippen LogP contribution in [0, 0.1) is 18.6 Å². The number of benzene rings is 2. The Bertz CT molecular complexity index is 1510. The molecule has 3 heterocycles. The Morgan fingerprint density at radius 2 is 1.73 bits per heavy atom. The predicted molar refractivity (Wildman–Crippen MR) is 109 cm³/mol. The van der Waals surface area contributed by atoms with E-state index in [-0.39, 0.29) is 11.2 Å². The number of aromatic nitrogens is 5. The number of aryl methyl sites for hydroxylation is 1. The molecule has 0 bridgehead atoms. The highest BCUT2D eigenvalue weighted by Gasteiger charge is 2.18. The molecule has 9 heteroatoms. The summed E-state index contributed by atoms with van der Waals surface area (Å²) in [5, 5.41) is 13.5. The molecule has 148 valence electrons. The molecule has 0 aliphatic heterocycles. The standard InChI is InChI=1S/C21H12ClF2N5O/c1-11-18(12-2-4-13(22)5-3-12)20-26-25-19-17(29(20)27-11)8-9-28(21(19)30)14-6-7-15(23)16(24)10-14/h2-10H,1H3. The van der Waals surface area contributed by atoms with Gasteiger partial charge in [-0.15, -0.1) is 10.2 Å². The first kappa shape index (κ1) is 18.4. The maximum Gasteiger partial charge on any atom is 0.285 e. The van der Waals surface area contributed by atoms with E-state index in [0.29, 0.717) is 21.9 Å². The van der Waals surface area contributed by atoms with Crippen molar-refractivity contribution < 1.29 is 8.78 Å². The molecule has 0 N–H and O–H groups in total. The highest BCUT2D eigenvalue weighted by Crippen LogP contribution is 2.29. The van der Waals surface area contributed by atoms with Gasteiger partial charge in [0.1, 0.15) is 5.52 Å². The average molecular weight is 424 g/mol. The second kappa shape index (κ2) is 6.70. The fourth-order valence-corrected chi connectivity index (χ4v) is 3.57. The Hall–Kier alpha value is -3.65. The molecule has 0 unspecified atom stereocenters. The number of nitrogens with zero attached hydrogens (tertiary/aromatic N) is 5. The molecule has 0 aliphatic rings. The molecule has 6 nitrogen and oxygen atoms in total. The minimum atomic E-state index is -1.05. The van der Waals surface area contributed by atoms with Crippen LogP contribution >= 0.6 is 11.6 Å². The van der Waals surface area contributed by atoms with Crippen LogP contribution in [0.15, 0.2) is 59.5 Å². The fraction of sp³-hybridized carbons (Fsp3) is 0.0476. The molecule has 0 amide bonds. The first-order chi connectivity index (χ1) is 14.4. The highest BCUT2D eigenvalue weighted by atomic mass is 35.5. The fourth-order valence-electron chi connectivity index (χ4n) is 3.45. The first-order valence-corrected chi connectivity index (χ1v) is 9.30. The average Bonchev–Trinajstić information content (AvgIpc) is 3.07. The number of pyridine rings is 1. The Morgan fingerprint density at radius 1 is 0.967 bits per heavy atom. The summed E-state index contributed by atoms with van der Waals surface area (Å²) in [4.78, 5) is 13.0. The van der Waals surface area contributed by atoms with E-state index >= 15 is 0 Å². The lowest BCUT2D eigenvalue weighted by Gasteiger charge is -2.08. The van der Waals surface area contributed by atoms with E-state index in [0.717, 1.165) is 23.3 Å². The van der Waals surface area contributed by atoms with Gasteiger partial charge in [0.2, 0.25) is 0 Å². The van der Waals surface area contributed by atoms with Gasteiger partial charge < -0.3 is 0 Å². The van der Waals surface area contributed by atoms with E-state index in [1.54, 1.807) is 22.7 Å². The SMILES string of the molecule is Cc1nn2c(nnc3c(=O)n(-c4ccc(F)c(F)c4)ccc32)c1-c1ccc(Cl)cc1. The zero-order valence-electron chi connectivity index (χ0n) is 15.5. The maximum atomic E-state index is 13.6. The number of halogens is 3. The summed E-state index contributed by atoms with van der Waals surface area (Å²) in [5.74, 6) is -2.04. The quantitative estimate of drug-likeness (QED) is 0.424. The van der Waals surface area contributed by atoms with Crippen LogP contribution in [0.5, 0.6) is 0 Å². The largest absolute Gasteiger partial charge is 0.285 e. The van der Waals surface area contributed by atoms with E-state index in [4.69, 9.17) is 11.6 Å². The van der Waals surface area contributed by atoms with Crippen LogP contribution in [0.25, 0.3) is 33.5 Å². The van der Waals surface area contributed by atoms with Crippen molar-refractivity contribution in [2.45, 2.75) is 6.92 Å². The van der Waals surface area contributed by atoms with Crippen molar-refractivity contribution in [2.75, 3.05) is 0 Å². The molecule has 5 aromatic rings. The summed E-state index contributed by atoms with van der Waals surface area (Å²) in [5.41, 5.74) is 3.03. The van der Waals surface area contributed by atoms with Crippen LogP contribution in [0.1, 0.15) is 5.69 Å². The van der Waals surface area contributed by atoms with Gasteiger partial charge in [0, 0.05) is 17.3 Å². The van der Waals surface area contributed by atoms with E-state index in [1.165, 1.54) is 16.8 Å². The summed E-state index contributed by atoms with van der Waals surface area (Å²) in [6, 6.07) is 12.1. The summed E-state index contributed by atoms with van der Waals surface area (Å²) in [6.07, 6.45) is 1.47. The van der Waals surface area contributed by atoms with Crippen molar-refractivity contribution in [2.24, 2.45) is 0 Å². The molecule has 0 atom stereocenters. The van der Waals surface area contributed by atoms with Gasteiger partial charge in [0.05, 0.1) is 16.9 Å². The van der Waals surface area contributed by atoms with Gasteiger partial charge >= 0.3 is 0 Å². The zero-order chi connectivity index (χ0) is 21.0. The summed E-state index contributed by atoms with van der Waals surface area (Å²) in [6.45, 7) is 1.84. The zero-order valence-corrected chi connectivity index (χ0v) is 16.2. The Kier molecular flexibility index (Phi) is 4.11. The molecule has 5 rings (SSSR count). The van der Waals surface area contributed by atoms with Crippen LogP contribution in [0.2, 0.25) is 5.02 Å². The molecule has 0 radical (unpaired) electrons. The summed E-state index contributed by atoms with van der Waals surface area (Å²) in [7, 11) is 0. The second-order valence-corrected chi connectivity index (χ2v) is 7.16. The smallest absolute Gasteiger partial charge is 0.282 e. The highest BCUT2D eigenvalue weighted by molar-refractivity contribution is 6.30. The van der Waals surface area contributed by atoms with E-state index < -0.39 is 17.2 Å². The van der Waals surface area contributed by atoms with Crippen LogP contribution in [0.3, 0.4) is 0 Å². The van der Waals surface area contributed by atoms with Gasteiger partial charge in [0.15, 0.2) is 22.8 Å². The second-order valence-electron chi connectivity index (χ2n) is 6.73. The third-order valence-corrected chi connectivity index (χ3v) is 5.12. The molecule has 0 saturated carbocycles. The van der Waals surface area contributed by atoms with Crippen LogP contribution < -0.4 is 5.56 Å². The van der Waals surface area contributed by atoms with Crippen molar-refractivity contribution in [3.05, 3.63) is 87.4 Å². The molecular formula is C21H12ClF2N5O. The number of rotatable bonds is 2. The van der Waals surface area contributed by atoms with Crippen molar-refractivity contribution in [3.63, 3.8) is 0 Å². The van der Waals surface area contributed by atoms with Crippen molar-refractivity contribution in [3.8, 4) is 16.8 Å². The van der Waals surface area contributed by atoms with Gasteiger partial charge in [-0.2, -0.15) is 5.10 Å². The van der Waals surface area contributed by atoms with Crippen LogP contribution in [-0.4, -0.2) is 24.4 Å². The molecule has 0 saturated heterocycles. The third kappa shape index (κ3) is 2.76. The van der Waals surface area contributed by atoms with E-state index in [9.17, 15) is 13.6 Å². The van der Waals surface area contributed by atoms with Gasteiger partial charge in [-0.05, 0) is 42.8 Å². The number of fused-ring (bicyclic) bond motifs is 3. The normalized spacial score (nSPS) is 11.5. The van der Waals surface area contributed by atoms with Gasteiger partial charge in [-0.25, -0.2) is 13.3 Å². The Labute approximate surface area is 173 Å². The predicted octanol–water partition coefficient (Wildman–Crippen LogP) is 4.34. The van der Waals surface area contributed by atoms with Gasteiger partial charge in [-0.3, -0.25) is 9.36 Å². The van der Waals surface area contributed by atoms with E-state index in [1.807, 2.05) is 19.1 Å². The summed E-state index contributed by atoms with van der Waals surface area (Å²) >= 11 is 5.98. The molecule has 0 aliphatic carbocycles. The molecule has 30 heavy (non-hydrogen) atoms. The molecular weight excluding hydrogens is 412 g/mol. The third-order valence-electron chi connectivity index (χ3n) is 4.87. The lowest BCUT2D eigenvalue weighted by molar-refractivity contribution is 0.508. The lowest BCUT2D eigenvalue weighted by atomic mass is 10.1. The van der Waals surface area contributed by atoms with Gasteiger partial charge in [0.25, 0.3) is 5.56 Å². The minimum absolute atomic E-state index is 0.0555. The Morgan fingerprint density at radius 3 is 2.47 bits per heavy atom. The number of hydrogen-bond acceptors (Lipinski definition) is 4. The molecule has 0 fully saturated rings. The lowest BCUT2D eigenvalue weighted by Crippen LogP contribution is -2.20. The summed E-state index contributed by atoms with van der Waals surface area (Å²) < 4.78 is 29.6. The topological polar surface area (TPSA) is 65.1 Å². The van der Waals surface area contributed by atoms with Crippen LogP contribution in [-0.2, 0) is 0 Å². The maximum absolute atomic E-state index is 13.6. The minimum Gasteiger partial charge on any atom is -0.282 e. The molecule has 0 spiro atoms.